The molecule has 0 saturated heterocycles. The number of hydrogen-bond donors (Lipinski definition) is 0. The Labute approximate surface area is 88.3 Å². The van der Waals surface area contributed by atoms with Crippen LogP contribution >= 0.6 is 23.2 Å². The Kier molecular flexibility index (Phi) is 4.46. The summed E-state index contributed by atoms with van der Waals surface area (Å²) in [6.07, 6.45) is 2.83. The van der Waals surface area contributed by atoms with Gasteiger partial charge in [-0.1, -0.05) is 24.9 Å². The fraction of sp³-hybridized carbons (Fsp3) is 0.556. The molecule has 0 N–H and O–H groups in total. The van der Waals surface area contributed by atoms with Crippen LogP contribution in [-0.4, -0.2) is 16.1 Å². The summed E-state index contributed by atoms with van der Waals surface area (Å²) >= 11 is 11.4. The molecule has 0 fully saturated rings. The fourth-order valence-corrected chi connectivity index (χ4v) is 1.56. The van der Waals surface area contributed by atoms with Crippen LogP contribution in [0.1, 0.15) is 24.6 Å². The Hall–Kier alpha value is -0.340. The Morgan fingerprint density at radius 1 is 1.31 bits per heavy atom. The Morgan fingerprint density at radius 2 is 2.08 bits per heavy atom. The van der Waals surface area contributed by atoms with Crippen LogP contribution in [-0.2, 0) is 12.8 Å². The number of alkyl halides is 1. The monoisotopic (exact) mass is 218 g/mol. The lowest BCUT2D eigenvalue weighted by atomic mass is 10.1. The lowest BCUT2D eigenvalue weighted by Crippen LogP contribution is -2.01. The topological polar surface area (TPSA) is 25.8 Å². The fourth-order valence-electron chi connectivity index (χ4n) is 1.21. The van der Waals surface area contributed by atoms with E-state index in [-0.39, 0.29) is 0 Å². The first kappa shape index (κ1) is 10.7. The van der Waals surface area contributed by atoms with Crippen LogP contribution in [0, 0.1) is 0 Å². The maximum atomic E-state index is 5.75. The third-order valence-corrected chi connectivity index (χ3v) is 2.15. The van der Waals surface area contributed by atoms with E-state index in [0.717, 1.165) is 25.0 Å². The van der Waals surface area contributed by atoms with E-state index in [1.165, 1.54) is 5.56 Å². The predicted octanol–water partition coefficient (Wildman–Crippen LogP) is 2.86. The molecular weight excluding hydrogens is 207 g/mol. The molecule has 0 aliphatic rings. The van der Waals surface area contributed by atoms with Crippen molar-refractivity contribution in [1.82, 2.24) is 10.2 Å². The van der Waals surface area contributed by atoms with Crippen LogP contribution in [0.15, 0.2) is 6.07 Å². The lowest BCUT2D eigenvalue weighted by molar-refractivity contribution is 0.838. The molecule has 72 valence electrons. The second-order valence-electron chi connectivity index (χ2n) is 2.83. The van der Waals surface area contributed by atoms with Gasteiger partial charge in [0.15, 0.2) is 5.15 Å². The molecule has 0 aliphatic heterocycles. The molecule has 13 heavy (non-hydrogen) atoms. The number of nitrogens with zero attached hydrogens (tertiary/aromatic N) is 2. The molecule has 0 unspecified atom stereocenters. The van der Waals surface area contributed by atoms with Crippen LogP contribution in [0.25, 0.3) is 0 Å². The number of aryl methyl sites for hydroxylation is 2. The third kappa shape index (κ3) is 3.12. The standard InChI is InChI=1S/C9H12Cl2N2/c1-2-3-7-6-9(11)13-12-8(7)4-5-10/h6H,2-5H2,1H3. The van der Waals surface area contributed by atoms with Gasteiger partial charge in [0.05, 0.1) is 5.69 Å². The minimum atomic E-state index is 0.460. The molecule has 1 rings (SSSR count). The number of halogens is 2. The molecule has 0 aliphatic carbocycles. The van der Waals surface area contributed by atoms with Crippen LogP contribution in [0.2, 0.25) is 5.15 Å². The predicted molar refractivity (Wildman–Crippen MR) is 55.5 cm³/mol. The summed E-state index contributed by atoms with van der Waals surface area (Å²) in [7, 11) is 0. The average molecular weight is 219 g/mol. The maximum Gasteiger partial charge on any atom is 0.152 e. The Bertz CT molecular complexity index is 276. The van der Waals surface area contributed by atoms with Gasteiger partial charge in [0.25, 0.3) is 0 Å². The summed E-state index contributed by atoms with van der Waals surface area (Å²) in [5.74, 6) is 0.576. The highest BCUT2D eigenvalue weighted by Gasteiger charge is 2.04. The minimum Gasteiger partial charge on any atom is -0.154 e. The molecule has 0 radical (unpaired) electrons. The van der Waals surface area contributed by atoms with Gasteiger partial charge in [-0.3, -0.25) is 0 Å². The summed E-state index contributed by atoms with van der Waals surface area (Å²) in [6, 6.07) is 1.87. The SMILES string of the molecule is CCCc1cc(Cl)nnc1CCCl. The van der Waals surface area contributed by atoms with Gasteiger partial charge >= 0.3 is 0 Å². The second-order valence-corrected chi connectivity index (χ2v) is 3.59. The highest BCUT2D eigenvalue weighted by molar-refractivity contribution is 6.29. The summed E-state index contributed by atoms with van der Waals surface area (Å²) < 4.78 is 0. The average Bonchev–Trinajstić information content (AvgIpc) is 2.10. The van der Waals surface area contributed by atoms with Crippen molar-refractivity contribution in [2.75, 3.05) is 5.88 Å². The zero-order chi connectivity index (χ0) is 9.68. The van der Waals surface area contributed by atoms with Crippen molar-refractivity contribution in [3.05, 3.63) is 22.5 Å². The zero-order valence-corrected chi connectivity index (χ0v) is 9.07. The molecule has 0 aromatic carbocycles. The molecule has 0 saturated carbocycles. The normalized spacial score (nSPS) is 10.4. The van der Waals surface area contributed by atoms with Gasteiger partial charge in [-0.15, -0.1) is 16.7 Å². The molecule has 4 heteroatoms. The van der Waals surface area contributed by atoms with Crippen LogP contribution < -0.4 is 0 Å². The first-order valence-electron chi connectivity index (χ1n) is 4.35. The van der Waals surface area contributed by atoms with Crippen molar-refractivity contribution in [2.24, 2.45) is 0 Å². The lowest BCUT2D eigenvalue weighted by Gasteiger charge is -2.04. The number of rotatable bonds is 4. The van der Waals surface area contributed by atoms with E-state index in [1.807, 2.05) is 6.07 Å². The summed E-state index contributed by atoms with van der Waals surface area (Å²) in [5.41, 5.74) is 2.14. The van der Waals surface area contributed by atoms with E-state index < -0.39 is 0 Å². The van der Waals surface area contributed by atoms with Gasteiger partial charge in [0.2, 0.25) is 0 Å². The first-order valence-corrected chi connectivity index (χ1v) is 5.26. The van der Waals surface area contributed by atoms with Crippen molar-refractivity contribution in [1.29, 1.82) is 0 Å². The molecular formula is C9H12Cl2N2. The van der Waals surface area contributed by atoms with Gasteiger partial charge in [0, 0.05) is 12.3 Å². The molecule has 0 atom stereocenters. The smallest absolute Gasteiger partial charge is 0.152 e. The quantitative estimate of drug-likeness (QED) is 0.727. The van der Waals surface area contributed by atoms with Crippen LogP contribution in [0.4, 0.5) is 0 Å². The molecule has 0 spiro atoms. The largest absolute Gasteiger partial charge is 0.154 e. The van der Waals surface area contributed by atoms with Gasteiger partial charge < -0.3 is 0 Å². The number of hydrogen-bond acceptors (Lipinski definition) is 2. The van der Waals surface area contributed by atoms with E-state index >= 15 is 0 Å². The van der Waals surface area contributed by atoms with Gasteiger partial charge in [0.1, 0.15) is 0 Å². The summed E-state index contributed by atoms with van der Waals surface area (Å²) in [4.78, 5) is 0. The molecule has 1 aromatic rings. The Morgan fingerprint density at radius 3 is 2.69 bits per heavy atom. The van der Waals surface area contributed by atoms with Crippen molar-refractivity contribution in [3.63, 3.8) is 0 Å². The molecule has 1 aromatic heterocycles. The van der Waals surface area contributed by atoms with E-state index in [4.69, 9.17) is 23.2 Å². The second kappa shape index (κ2) is 5.40. The van der Waals surface area contributed by atoms with Gasteiger partial charge in [-0.25, -0.2) is 0 Å². The third-order valence-electron chi connectivity index (χ3n) is 1.78. The highest BCUT2D eigenvalue weighted by Crippen LogP contribution is 2.13. The summed E-state index contributed by atoms with van der Waals surface area (Å²) in [6.45, 7) is 2.12. The number of aromatic nitrogens is 2. The molecule has 0 bridgehead atoms. The van der Waals surface area contributed by atoms with Crippen molar-refractivity contribution < 1.29 is 0 Å². The van der Waals surface area contributed by atoms with Crippen molar-refractivity contribution >= 4 is 23.2 Å². The van der Waals surface area contributed by atoms with E-state index in [9.17, 15) is 0 Å². The van der Waals surface area contributed by atoms with E-state index in [2.05, 4.69) is 17.1 Å². The van der Waals surface area contributed by atoms with Gasteiger partial charge in [-0.2, -0.15) is 5.10 Å². The first-order chi connectivity index (χ1) is 6.27. The van der Waals surface area contributed by atoms with Crippen LogP contribution in [0.3, 0.4) is 0 Å². The Balaban J connectivity index is 2.89. The molecule has 0 amide bonds. The molecule has 2 nitrogen and oxygen atoms in total. The van der Waals surface area contributed by atoms with Gasteiger partial charge in [-0.05, 0) is 18.1 Å². The van der Waals surface area contributed by atoms with E-state index in [1.54, 1.807) is 0 Å². The van der Waals surface area contributed by atoms with E-state index in [0.29, 0.717) is 11.0 Å². The molecule has 1 heterocycles. The zero-order valence-electron chi connectivity index (χ0n) is 7.56. The highest BCUT2D eigenvalue weighted by atomic mass is 35.5. The summed E-state index contributed by atoms with van der Waals surface area (Å²) in [5, 5.41) is 8.28. The van der Waals surface area contributed by atoms with Crippen LogP contribution in [0.5, 0.6) is 0 Å². The van der Waals surface area contributed by atoms with Crippen molar-refractivity contribution in [3.8, 4) is 0 Å². The maximum absolute atomic E-state index is 5.75. The van der Waals surface area contributed by atoms with Crippen molar-refractivity contribution in [2.45, 2.75) is 26.2 Å². The minimum absolute atomic E-state index is 0.460.